The second-order valence-electron chi connectivity index (χ2n) is 4.37. The number of carbonyl (C=O) groups is 1. The largest absolute Gasteiger partial charge is 0.476 e. The number of aryl methyl sites for hydroxylation is 1. The zero-order chi connectivity index (χ0) is 14.3. The Morgan fingerprint density at radius 3 is 2.90 bits per heavy atom. The number of nitrogens with zero attached hydrogens (tertiary/aromatic N) is 3. The second-order valence-corrected chi connectivity index (χ2v) is 4.37. The van der Waals surface area contributed by atoms with Crippen LogP contribution in [0.4, 0.5) is 4.39 Å². The van der Waals surface area contributed by atoms with Crippen molar-refractivity contribution in [3.05, 3.63) is 53.7 Å². The standard InChI is InChI=1S/C14H10FN3O2/c1-8-7-9(3-4-10(8)15)11-12(13(19)20)18-6-2-5-16-14(18)17-11/h2-7H,1H3,(H,19,20). The minimum Gasteiger partial charge on any atom is -0.476 e. The van der Waals surface area contributed by atoms with E-state index in [0.29, 0.717) is 16.9 Å². The summed E-state index contributed by atoms with van der Waals surface area (Å²) in [7, 11) is 0. The van der Waals surface area contributed by atoms with Gasteiger partial charge in [-0.15, -0.1) is 0 Å². The van der Waals surface area contributed by atoms with Crippen molar-refractivity contribution in [3.63, 3.8) is 0 Å². The first-order chi connectivity index (χ1) is 9.58. The Bertz CT molecular complexity index is 826. The van der Waals surface area contributed by atoms with Crippen LogP contribution in [0.15, 0.2) is 36.7 Å². The zero-order valence-corrected chi connectivity index (χ0v) is 10.5. The van der Waals surface area contributed by atoms with Gasteiger partial charge in [0.1, 0.15) is 11.5 Å². The molecule has 0 aliphatic rings. The van der Waals surface area contributed by atoms with E-state index >= 15 is 0 Å². The number of rotatable bonds is 2. The van der Waals surface area contributed by atoms with E-state index in [0.717, 1.165) is 0 Å². The number of halogens is 1. The number of benzene rings is 1. The van der Waals surface area contributed by atoms with Gasteiger partial charge in [0.15, 0.2) is 5.69 Å². The maximum atomic E-state index is 13.3. The molecule has 2 aromatic heterocycles. The lowest BCUT2D eigenvalue weighted by molar-refractivity contribution is 0.0690. The number of hydrogen-bond acceptors (Lipinski definition) is 3. The number of fused-ring (bicyclic) bond motifs is 1. The van der Waals surface area contributed by atoms with E-state index in [1.165, 1.54) is 22.7 Å². The Kier molecular flexibility index (Phi) is 2.71. The number of carboxylic acids is 1. The minimum absolute atomic E-state index is 0.0131. The molecule has 0 unspecified atom stereocenters. The summed E-state index contributed by atoms with van der Waals surface area (Å²) in [5, 5.41) is 9.38. The molecule has 20 heavy (non-hydrogen) atoms. The molecule has 1 N–H and O–H groups in total. The highest BCUT2D eigenvalue weighted by atomic mass is 19.1. The summed E-state index contributed by atoms with van der Waals surface area (Å²) in [6.07, 6.45) is 3.12. The lowest BCUT2D eigenvalue weighted by atomic mass is 10.1. The van der Waals surface area contributed by atoms with Crippen LogP contribution in [0.1, 0.15) is 16.1 Å². The zero-order valence-electron chi connectivity index (χ0n) is 10.5. The van der Waals surface area contributed by atoms with E-state index in [9.17, 15) is 14.3 Å². The third kappa shape index (κ3) is 1.82. The van der Waals surface area contributed by atoms with Gasteiger partial charge in [0.05, 0.1) is 0 Å². The molecular formula is C14H10FN3O2. The highest BCUT2D eigenvalue weighted by molar-refractivity contribution is 5.94. The van der Waals surface area contributed by atoms with Gasteiger partial charge in [-0.1, -0.05) is 0 Å². The predicted octanol–water partition coefficient (Wildman–Crippen LogP) is 2.54. The van der Waals surface area contributed by atoms with E-state index in [1.54, 1.807) is 25.3 Å². The third-order valence-corrected chi connectivity index (χ3v) is 3.04. The molecule has 100 valence electrons. The van der Waals surface area contributed by atoms with E-state index < -0.39 is 5.97 Å². The quantitative estimate of drug-likeness (QED) is 0.777. The van der Waals surface area contributed by atoms with E-state index in [2.05, 4.69) is 9.97 Å². The Hall–Kier alpha value is -2.76. The van der Waals surface area contributed by atoms with Crippen LogP contribution in [0.25, 0.3) is 17.0 Å². The first-order valence-corrected chi connectivity index (χ1v) is 5.91. The lowest BCUT2D eigenvalue weighted by Crippen LogP contribution is -2.03. The van der Waals surface area contributed by atoms with Gasteiger partial charge in [0, 0.05) is 18.0 Å². The van der Waals surface area contributed by atoms with Gasteiger partial charge >= 0.3 is 5.97 Å². The average molecular weight is 271 g/mol. The molecule has 2 heterocycles. The van der Waals surface area contributed by atoms with Crippen LogP contribution < -0.4 is 0 Å². The maximum Gasteiger partial charge on any atom is 0.355 e. The van der Waals surface area contributed by atoms with Crippen molar-refractivity contribution in [2.75, 3.05) is 0 Å². The normalized spacial score (nSPS) is 10.9. The van der Waals surface area contributed by atoms with Gasteiger partial charge in [-0.25, -0.2) is 19.2 Å². The Labute approximate surface area is 113 Å². The van der Waals surface area contributed by atoms with E-state index in [1.807, 2.05) is 0 Å². The molecule has 3 aromatic rings. The highest BCUT2D eigenvalue weighted by Crippen LogP contribution is 2.25. The topological polar surface area (TPSA) is 67.5 Å². The lowest BCUT2D eigenvalue weighted by Gasteiger charge is -2.02. The molecule has 0 saturated heterocycles. The van der Waals surface area contributed by atoms with Crippen molar-refractivity contribution < 1.29 is 14.3 Å². The summed E-state index contributed by atoms with van der Waals surface area (Å²) >= 11 is 0. The molecule has 0 radical (unpaired) electrons. The number of aromatic carboxylic acids is 1. The molecule has 0 aliphatic heterocycles. The van der Waals surface area contributed by atoms with Gasteiger partial charge in [-0.3, -0.25) is 4.40 Å². The SMILES string of the molecule is Cc1cc(-c2nc3ncccn3c2C(=O)O)ccc1F. The molecule has 0 saturated carbocycles. The van der Waals surface area contributed by atoms with Crippen molar-refractivity contribution in [2.45, 2.75) is 6.92 Å². The Balaban J connectivity index is 2.32. The summed E-state index contributed by atoms with van der Waals surface area (Å²) in [5.41, 5.74) is 1.27. The molecule has 6 heteroatoms. The fraction of sp³-hybridized carbons (Fsp3) is 0.0714. The summed E-state index contributed by atoms with van der Waals surface area (Å²) in [4.78, 5) is 19.7. The smallest absolute Gasteiger partial charge is 0.355 e. The van der Waals surface area contributed by atoms with E-state index in [-0.39, 0.29) is 17.2 Å². The van der Waals surface area contributed by atoms with Crippen molar-refractivity contribution >= 4 is 11.7 Å². The number of imidazole rings is 1. The van der Waals surface area contributed by atoms with Crippen molar-refractivity contribution in [1.82, 2.24) is 14.4 Å². The molecule has 0 fully saturated rings. The molecule has 0 bridgehead atoms. The monoisotopic (exact) mass is 271 g/mol. The van der Waals surface area contributed by atoms with Gasteiger partial charge < -0.3 is 5.11 Å². The van der Waals surface area contributed by atoms with Crippen LogP contribution in [0.5, 0.6) is 0 Å². The summed E-state index contributed by atoms with van der Waals surface area (Å²) in [5.74, 6) is -1.16. The van der Waals surface area contributed by atoms with Crippen LogP contribution in [0.2, 0.25) is 0 Å². The van der Waals surface area contributed by atoms with Crippen LogP contribution in [-0.2, 0) is 0 Å². The number of hydrogen-bond donors (Lipinski definition) is 1. The summed E-state index contributed by atoms with van der Waals surface area (Å²) in [6.45, 7) is 1.62. The van der Waals surface area contributed by atoms with Crippen molar-refractivity contribution in [2.24, 2.45) is 0 Å². The van der Waals surface area contributed by atoms with Gasteiger partial charge in [-0.05, 0) is 36.8 Å². The fourth-order valence-electron chi connectivity index (χ4n) is 2.09. The fourth-order valence-corrected chi connectivity index (χ4v) is 2.09. The van der Waals surface area contributed by atoms with Crippen molar-refractivity contribution in [3.8, 4) is 11.3 Å². The summed E-state index contributed by atoms with van der Waals surface area (Å²) in [6, 6.07) is 6.01. The maximum absolute atomic E-state index is 13.3. The van der Waals surface area contributed by atoms with Crippen LogP contribution >= 0.6 is 0 Å². The molecule has 0 atom stereocenters. The molecule has 5 nitrogen and oxygen atoms in total. The van der Waals surface area contributed by atoms with Crippen molar-refractivity contribution in [1.29, 1.82) is 0 Å². The summed E-state index contributed by atoms with van der Waals surface area (Å²) < 4.78 is 14.7. The molecule has 0 spiro atoms. The van der Waals surface area contributed by atoms with Crippen LogP contribution in [-0.4, -0.2) is 25.4 Å². The first-order valence-electron chi connectivity index (χ1n) is 5.91. The minimum atomic E-state index is -1.11. The van der Waals surface area contributed by atoms with E-state index in [4.69, 9.17) is 0 Å². The molecule has 1 aromatic carbocycles. The second kappa shape index (κ2) is 4.41. The van der Waals surface area contributed by atoms with Gasteiger partial charge in [-0.2, -0.15) is 0 Å². The molecule has 0 amide bonds. The third-order valence-electron chi connectivity index (χ3n) is 3.04. The number of aromatic nitrogens is 3. The average Bonchev–Trinajstić information content (AvgIpc) is 2.81. The van der Waals surface area contributed by atoms with Crippen LogP contribution in [0.3, 0.4) is 0 Å². The Morgan fingerprint density at radius 1 is 1.40 bits per heavy atom. The molecule has 3 rings (SSSR count). The molecule has 0 aliphatic carbocycles. The van der Waals surface area contributed by atoms with Gasteiger partial charge in [0.25, 0.3) is 0 Å². The highest BCUT2D eigenvalue weighted by Gasteiger charge is 2.20. The predicted molar refractivity (Wildman–Crippen MR) is 70.1 cm³/mol. The number of carboxylic acid groups (broad SMARTS) is 1. The molecular weight excluding hydrogens is 261 g/mol. The van der Waals surface area contributed by atoms with Crippen LogP contribution in [0, 0.1) is 12.7 Å². The Morgan fingerprint density at radius 2 is 2.20 bits per heavy atom. The van der Waals surface area contributed by atoms with Gasteiger partial charge in [0.2, 0.25) is 5.78 Å². The first kappa shape index (κ1) is 12.3.